The molecule has 0 aromatic heterocycles. The molecule has 1 heterocycles. The first-order valence-electron chi connectivity index (χ1n) is 6.19. The molecule has 1 aliphatic rings. The number of methoxy groups -OCH3 is 1. The molecule has 3 unspecified atom stereocenters. The van der Waals surface area contributed by atoms with Crippen molar-refractivity contribution in [3.63, 3.8) is 0 Å². The minimum atomic E-state index is -0.620. The third-order valence-electron chi connectivity index (χ3n) is 3.23. The Morgan fingerprint density at radius 2 is 2.06 bits per heavy atom. The van der Waals surface area contributed by atoms with Gasteiger partial charge < -0.3 is 20.1 Å². The number of nitrogens with zero attached hydrogens (tertiary/aromatic N) is 1. The van der Waals surface area contributed by atoms with Crippen molar-refractivity contribution >= 4 is 12.0 Å². The molecule has 1 aliphatic heterocycles. The fourth-order valence-electron chi connectivity index (χ4n) is 2.19. The van der Waals surface area contributed by atoms with Crippen LogP contribution in [0.15, 0.2) is 0 Å². The molecular weight excluding hydrogens is 236 g/mol. The minimum Gasteiger partial charge on any atom is -0.453 e. The Morgan fingerprint density at radius 1 is 1.44 bits per heavy atom. The van der Waals surface area contributed by atoms with Gasteiger partial charge in [-0.1, -0.05) is 13.8 Å². The number of hydrogen-bond acceptors (Lipinski definition) is 4. The number of carbonyl (C=O) groups excluding carboxylic acids is 2. The third-order valence-corrected chi connectivity index (χ3v) is 3.23. The average molecular weight is 258 g/mol. The van der Waals surface area contributed by atoms with Crippen molar-refractivity contribution in [2.75, 3.05) is 13.7 Å². The second-order valence-corrected chi connectivity index (χ2v) is 5.09. The molecule has 0 radical (unpaired) electrons. The van der Waals surface area contributed by atoms with Crippen molar-refractivity contribution in [2.45, 2.75) is 45.4 Å². The Labute approximate surface area is 107 Å². The van der Waals surface area contributed by atoms with E-state index in [2.05, 4.69) is 10.1 Å². The number of likely N-dealkylation sites (tertiary alicyclic amines) is 1. The van der Waals surface area contributed by atoms with Gasteiger partial charge in [-0.3, -0.25) is 4.79 Å². The quantitative estimate of drug-likeness (QED) is 0.765. The smallest absolute Gasteiger partial charge is 0.407 e. The monoisotopic (exact) mass is 258 g/mol. The molecule has 3 atom stereocenters. The van der Waals surface area contributed by atoms with Crippen LogP contribution >= 0.6 is 0 Å². The summed E-state index contributed by atoms with van der Waals surface area (Å²) in [5.74, 6) is -0.207. The van der Waals surface area contributed by atoms with E-state index in [1.54, 1.807) is 4.90 Å². The summed E-state index contributed by atoms with van der Waals surface area (Å²) in [5.41, 5.74) is 0. The van der Waals surface area contributed by atoms with Gasteiger partial charge in [0.1, 0.15) is 6.04 Å². The van der Waals surface area contributed by atoms with Crippen molar-refractivity contribution in [1.82, 2.24) is 10.2 Å². The van der Waals surface area contributed by atoms with E-state index >= 15 is 0 Å². The van der Waals surface area contributed by atoms with Crippen molar-refractivity contribution in [3.05, 3.63) is 0 Å². The highest BCUT2D eigenvalue weighted by Gasteiger charge is 2.36. The highest BCUT2D eigenvalue weighted by Crippen LogP contribution is 2.20. The molecular formula is C12H22N2O4. The SMILES string of the molecule is COC(=O)NC(C(=O)N1CC(O)CC1C)C(C)C. The van der Waals surface area contributed by atoms with Crippen LogP contribution in [0.4, 0.5) is 4.79 Å². The first-order valence-corrected chi connectivity index (χ1v) is 6.19. The largest absolute Gasteiger partial charge is 0.453 e. The van der Waals surface area contributed by atoms with Crippen molar-refractivity contribution in [2.24, 2.45) is 5.92 Å². The summed E-state index contributed by atoms with van der Waals surface area (Å²) in [6.07, 6.45) is -0.515. The van der Waals surface area contributed by atoms with E-state index in [1.165, 1.54) is 7.11 Å². The van der Waals surface area contributed by atoms with E-state index < -0.39 is 18.2 Å². The van der Waals surface area contributed by atoms with Crippen LogP contribution in [0.5, 0.6) is 0 Å². The van der Waals surface area contributed by atoms with Crippen LogP contribution < -0.4 is 5.32 Å². The van der Waals surface area contributed by atoms with Gasteiger partial charge in [0.2, 0.25) is 5.91 Å². The Morgan fingerprint density at radius 3 is 2.44 bits per heavy atom. The van der Waals surface area contributed by atoms with Crippen LogP contribution in [-0.4, -0.2) is 53.8 Å². The summed E-state index contributed by atoms with van der Waals surface area (Å²) in [5, 5.41) is 12.1. The third kappa shape index (κ3) is 3.35. The number of ether oxygens (including phenoxy) is 1. The zero-order chi connectivity index (χ0) is 13.9. The number of hydrogen-bond donors (Lipinski definition) is 2. The van der Waals surface area contributed by atoms with E-state index in [1.807, 2.05) is 20.8 Å². The molecule has 0 bridgehead atoms. The molecule has 6 heteroatoms. The summed E-state index contributed by atoms with van der Waals surface area (Å²) in [6, 6.07) is -0.626. The summed E-state index contributed by atoms with van der Waals surface area (Å²) < 4.78 is 4.52. The molecule has 104 valence electrons. The molecule has 0 aliphatic carbocycles. The number of aliphatic hydroxyl groups is 1. The Hall–Kier alpha value is -1.30. The molecule has 1 fully saturated rings. The number of amides is 2. The van der Waals surface area contributed by atoms with Gasteiger partial charge in [-0.2, -0.15) is 0 Å². The number of aliphatic hydroxyl groups excluding tert-OH is 1. The van der Waals surface area contributed by atoms with E-state index in [0.717, 1.165) is 0 Å². The van der Waals surface area contributed by atoms with Gasteiger partial charge in [-0.15, -0.1) is 0 Å². The lowest BCUT2D eigenvalue weighted by Gasteiger charge is -2.29. The zero-order valence-corrected chi connectivity index (χ0v) is 11.3. The molecule has 0 spiro atoms. The van der Waals surface area contributed by atoms with E-state index in [9.17, 15) is 14.7 Å². The number of alkyl carbamates (subject to hydrolysis) is 1. The zero-order valence-electron chi connectivity index (χ0n) is 11.3. The molecule has 1 saturated heterocycles. The van der Waals surface area contributed by atoms with Gasteiger partial charge in [-0.05, 0) is 19.3 Å². The lowest BCUT2D eigenvalue weighted by Crippen LogP contribution is -2.52. The van der Waals surface area contributed by atoms with Crippen LogP contribution in [-0.2, 0) is 9.53 Å². The van der Waals surface area contributed by atoms with Gasteiger partial charge >= 0.3 is 6.09 Å². The van der Waals surface area contributed by atoms with E-state index in [4.69, 9.17) is 0 Å². The predicted octanol–water partition coefficient (Wildman–Crippen LogP) is 0.349. The fourth-order valence-corrected chi connectivity index (χ4v) is 2.19. The Kier molecular flexibility index (Phi) is 4.95. The first-order chi connectivity index (χ1) is 8.36. The normalized spacial score (nSPS) is 25.1. The fraction of sp³-hybridized carbons (Fsp3) is 0.833. The number of rotatable bonds is 3. The second-order valence-electron chi connectivity index (χ2n) is 5.09. The van der Waals surface area contributed by atoms with Crippen LogP contribution in [0, 0.1) is 5.92 Å². The summed E-state index contributed by atoms with van der Waals surface area (Å²) >= 11 is 0. The Bertz CT molecular complexity index is 319. The number of β-amino-alcohol motifs (C(OH)–C–C–N with tert-alkyl or cyclic N) is 1. The predicted molar refractivity (Wildman–Crippen MR) is 66.0 cm³/mol. The van der Waals surface area contributed by atoms with Gasteiger partial charge in [0.25, 0.3) is 0 Å². The van der Waals surface area contributed by atoms with Gasteiger partial charge in [0.15, 0.2) is 0 Å². The van der Waals surface area contributed by atoms with Crippen molar-refractivity contribution in [1.29, 1.82) is 0 Å². The summed E-state index contributed by atoms with van der Waals surface area (Å²) in [7, 11) is 1.26. The van der Waals surface area contributed by atoms with Crippen LogP contribution in [0.25, 0.3) is 0 Å². The first kappa shape index (κ1) is 14.8. The molecule has 2 N–H and O–H groups in total. The maximum atomic E-state index is 12.3. The summed E-state index contributed by atoms with van der Waals surface area (Å²) in [6.45, 7) is 5.93. The Balaban J connectivity index is 2.74. The highest BCUT2D eigenvalue weighted by molar-refractivity contribution is 5.86. The molecule has 1 rings (SSSR count). The van der Waals surface area contributed by atoms with E-state index in [0.29, 0.717) is 13.0 Å². The lowest BCUT2D eigenvalue weighted by atomic mass is 10.0. The van der Waals surface area contributed by atoms with Crippen molar-refractivity contribution < 1.29 is 19.4 Å². The molecule has 18 heavy (non-hydrogen) atoms. The molecule has 0 saturated carbocycles. The minimum absolute atomic E-state index is 0.00630. The maximum Gasteiger partial charge on any atom is 0.407 e. The topological polar surface area (TPSA) is 78.9 Å². The van der Waals surface area contributed by atoms with Crippen LogP contribution in [0.1, 0.15) is 27.2 Å². The highest BCUT2D eigenvalue weighted by atomic mass is 16.5. The summed E-state index contributed by atoms with van der Waals surface area (Å²) in [4.78, 5) is 25.2. The second kappa shape index (κ2) is 6.04. The standard InChI is InChI=1S/C12H22N2O4/c1-7(2)10(13-12(17)18-4)11(16)14-6-9(15)5-8(14)3/h7-10,15H,5-6H2,1-4H3,(H,13,17). The molecule has 0 aromatic rings. The number of nitrogens with one attached hydrogen (secondary N) is 1. The van der Waals surface area contributed by atoms with Crippen LogP contribution in [0.3, 0.4) is 0 Å². The van der Waals surface area contributed by atoms with Gasteiger partial charge in [0.05, 0.1) is 13.2 Å². The average Bonchev–Trinajstić information content (AvgIpc) is 2.63. The van der Waals surface area contributed by atoms with Gasteiger partial charge in [0, 0.05) is 12.6 Å². The maximum absolute atomic E-state index is 12.3. The van der Waals surface area contributed by atoms with Crippen LogP contribution in [0.2, 0.25) is 0 Å². The van der Waals surface area contributed by atoms with Crippen molar-refractivity contribution in [3.8, 4) is 0 Å². The lowest BCUT2D eigenvalue weighted by molar-refractivity contribution is -0.135. The molecule has 2 amide bonds. The molecule has 6 nitrogen and oxygen atoms in total. The molecule has 0 aromatic carbocycles. The van der Waals surface area contributed by atoms with E-state index in [-0.39, 0.29) is 17.9 Å². The number of carbonyl (C=O) groups is 2. The van der Waals surface area contributed by atoms with Gasteiger partial charge in [-0.25, -0.2) is 4.79 Å².